The van der Waals surface area contributed by atoms with Gasteiger partial charge in [-0.25, -0.2) is 0 Å². The number of esters is 1. The van der Waals surface area contributed by atoms with E-state index in [2.05, 4.69) is 22.0 Å². The molecule has 0 aliphatic carbocycles. The molecule has 30 heavy (non-hydrogen) atoms. The van der Waals surface area contributed by atoms with Crippen LogP contribution in [-0.4, -0.2) is 36.6 Å². The Morgan fingerprint density at radius 2 is 1.93 bits per heavy atom. The topological polar surface area (TPSA) is 78.3 Å². The van der Waals surface area contributed by atoms with Gasteiger partial charge in [0, 0.05) is 40.0 Å². The van der Waals surface area contributed by atoms with Crippen molar-refractivity contribution >= 4 is 23.3 Å². The zero-order chi connectivity index (χ0) is 21.1. The third-order valence-electron chi connectivity index (χ3n) is 6.57. The number of halogens is 1. The molecule has 2 aromatic rings. The Bertz CT molecular complexity index is 941. The second-order valence-electron chi connectivity index (χ2n) is 8.16. The van der Waals surface area contributed by atoms with E-state index in [1.807, 2.05) is 36.4 Å². The van der Waals surface area contributed by atoms with Crippen LogP contribution in [0.4, 0.5) is 5.69 Å². The quantitative estimate of drug-likeness (QED) is 0.261. The molecule has 0 unspecified atom stereocenters. The van der Waals surface area contributed by atoms with Crippen molar-refractivity contribution in [1.82, 2.24) is 4.90 Å². The molecular weight excluding hydrogens is 400 g/mol. The number of hydrogen-bond donors (Lipinski definition) is 0. The molecule has 4 rings (SSSR count). The first-order valence-electron chi connectivity index (χ1n) is 10.3. The lowest BCUT2D eigenvalue weighted by Gasteiger charge is -2.42. The fourth-order valence-corrected chi connectivity index (χ4v) is 5.11. The van der Waals surface area contributed by atoms with Crippen molar-refractivity contribution in [2.75, 3.05) is 13.7 Å². The predicted octanol–water partition coefficient (Wildman–Crippen LogP) is 5.63. The molecule has 0 aromatic heterocycles. The van der Waals surface area contributed by atoms with Gasteiger partial charge < -0.3 is 4.74 Å². The van der Waals surface area contributed by atoms with Gasteiger partial charge in [0.25, 0.3) is 0 Å². The predicted molar refractivity (Wildman–Crippen MR) is 117 cm³/mol. The van der Waals surface area contributed by atoms with Crippen LogP contribution in [0.15, 0.2) is 53.6 Å². The van der Waals surface area contributed by atoms with Crippen molar-refractivity contribution in [3.63, 3.8) is 0 Å². The second-order valence-corrected chi connectivity index (χ2v) is 8.59. The zero-order valence-corrected chi connectivity index (χ0v) is 17.7. The lowest BCUT2D eigenvalue weighted by atomic mass is 9.76. The maximum atomic E-state index is 13.2. The Labute approximate surface area is 181 Å². The van der Waals surface area contributed by atoms with E-state index in [4.69, 9.17) is 21.9 Å². The van der Waals surface area contributed by atoms with E-state index in [1.54, 1.807) is 12.1 Å². The highest BCUT2D eigenvalue weighted by Gasteiger charge is 2.49. The molecule has 4 atom stereocenters. The fourth-order valence-electron chi connectivity index (χ4n) is 4.99. The van der Waals surface area contributed by atoms with Gasteiger partial charge in [0.2, 0.25) is 0 Å². The molecule has 2 aromatic carbocycles. The number of carbonyl (C=O) groups excluding carboxylic acids is 1. The highest BCUT2D eigenvalue weighted by atomic mass is 35.5. The van der Waals surface area contributed by atoms with Gasteiger partial charge >= 0.3 is 5.97 Å². The summed E-state index contributed by atoms with van der Waals surface area (Å²) in [5.74, 6) is -0.119. The first-order valence-corrected chi connectivity index (χ1v) is 10.7. The average Bonchev–Trinajstić information content (AvgIpc) is 2.98. The van der Waals surface area contributed by atoms with E-state index in [-0.39, 0.29) is 23.8 Å². The molecule has 2 saturated heterocycles. The van der Waals surface area contributed by atoms with E-state index < -0.39 is 0 Å². The van der Waals surface area contributed by atoms with Gasteiger partial charge in [0.15, 0.2) is 0 Å². The molecule has 2 aliphatic heterocycles. The van der Waals surface area contributed by atoms with Crippen LogP contribution < -0.4 is 0 Å². The lowest BCUT2D eigenvalue weighted by molar-refractivity contribution is -0.153. The maximum Gasteiger partial charge on any atom is 0.311 e. The van der Waals surface area contributed by atoms with Gasteiger partial charge in [-0.1, -0.05) is 53.1 Å². The molecule has 6 nitrogen and oxygen atoms in total. The van der Waals surface area contributed by atoms with Crippen molar-refractivity contribution < 1.29 is 9.53 Å². The molecule has 0 spiro atoms. The highest BCUT2D eigenvalue weighted by molar-refractivity contribution is 6.30. The number of ether oxygens (including phenoxy) is 1. The van der Waals surface area contributed by atoms with Crippen LogP contribution in [0.2, 0.25) is 5.02 Å². The van der Waals surface area contributed by atoms with Gasteiger partial charge in [-0.05, 0) is 55.1 Å². The summed E-state index contributed by atoms with van der Waals surface area (Å²) in [6.45, 7) is 0.337. The van der Waals surface area contributed by atoms with Gasteiger partial charge in [-0.15, -0.1) is 0 Å². The molecule has 2 bridgehead atoms. The second kappa shape index (κ2) is 9.09. The smallest absolute Gasteiger partial charge is 0.311 e. The molecule has 7 heteroatoms. The molecule has 0 saturated carbocycles. The minimum atomic E-state index is -0.165. The van der Waals surface area contributed by atoms with Crippen LogP contribution in [0.5, 0.6) is 0 Å². The number of azide groups is 1. The van der Waals surface area contributed by atoms with Crippen LogP contribution in [0.25, 0.3) is 10.4 Å². The van der Waals surface area contributed by atoms with E-state index >= 15 is 0 Å². The summed E-state index contributed by atoms with van der Waals surface area (Å²) in [5, 5.41) is 4.28. The molecule has 2 aliphatic rings. The van der Waals surface area contributed by atoms with Gasteiger partial charge in [0.05, 0.1) is 12.5 Å². The molecular formula is C23H25ClN4O2. The standard InChI is InChI=1S/C23H25ClN4O2/c1-28-19-10-11-21(28)22(20(14-19)16-4-6-17(24)7-5-16)23(29)30-13-12-15-2-8-18(9-3-15)26-27-25/h2-9,19-22H,10-14H2,1H3/t19-,20+,21+,22-/m0/s1. The first-order chi connectivity index (χ1) is 14.6. The van der Waals surface area contributed by atoms with E-state index in [0.717, 1.165) is 24.8 Å². The SMILES string of the molecule is CN1[C@H]2CC[C@@H]1[C@@H](C(=O)OCCc1ccc(N=[N+]=[N-])cc1)[C@@H](c1ccc(Cl)cc1)C2. The molecule has 2 fully saturated rings. The summed E-state index contributed by atoms with van der Waals surface area (Å²) < 4.78 is 5.76. The molecule has 156 valence electrons. The van der Waals surface area contributed by atoms with E-state index in [0.29, 0.717) is 29.8 Å². The fraction of sp³-hybridized carbons (Fsp3) is 0.435. The Morgan fingerprint density at radius 3 is 2.63 bits per heavy atom. The Morgan fingerprint density at radius 1 is 1.20 bits per heavy atom. The maximum absolute atomic E-state index is 13.2. The van der Waals surface area contributed by atoms with Gasteiger partial charge in [0.1, 0.15) is 0 Å². The van der Waals surface area contributed by atoms with E-state index in [9.17, 15) is 4.79 Å². The largest absolute Gasteiger partial charge is 0.465 e. The summed E-state index contributed by atoms with van der Waals surface area (Å²) in [6, 6.07) is 16.0. The molecule has 0 N–H and O–H groups in total. The van der Waals surface area contributed by atoms with Crippen molar-refractivity contribution in [2.24, 2.45) is 11.0 Å². The minimum Gasteiger partial charge on any atom is -0.465 e. The van der Waals surface area contributed by atoms with Gasteiger partial charge in [-0.2, -0.15) is 0 Å². The Hall–Kier alpha value is -2.53. The monoisotopic (exact) mass is 424 g/mol. The number of hydrogen-bond acceptors (Lipinski definition) is 4. The molecule has 2 heterocycles. The third kappa shape index (κ3) is 4.31. The van der Waals surface area contributed by atoms with Crippen molar-refractivity contribution in [2.45, 2.75) is 43.7 Å². The van der Waals surface area contributed by atoms with Crippen LogP contribution in [0, 0.1) is 5.92 Å². The van der Waals surface area contributed by atoms with Gasteiger partial charge in [-0.3, -0.25) is 9.69 Å². The van der Waals surface area contributed by atoms with Crippen molar-refractivity contribution in [1.29, 1.82) is 0 Å². The lowest BCUT2D eigenvalue weighted by Crippen LogP contribution is -2.49. The van der Waals surface area contributed by atoms with Crippen molar-refractivity contribution in [3.8, 4) is 0 Å². The van der Waals surface area contributed by atoms with Crippen LogP contribution in [0.3, 0.4) is 0 Å². The Kier molecular flexibility index (Phi) is 6.28. The van der Waals surface area contributed by atoms with Crippen LogP contribution >= 0.6 is 11.6 Å². The summed E-state index contributed by atoms with van der Waals surface area (Å²) in [6.07, 6.45) is 3.76. The highest BCUT2D eigenvalue weighted by Crippen LogP contribution is 2.46. The normalized spacial score (nSPS) is 25.5. The van der Waals surface area contributed by atoms with Crippen LogP contribution in [-0.2, 0) is 16.0 Å². The van der Waals surface area contributed by atoms with Crippen LogP contribution in [0.1, 0.15) is 36.3 Å². The number of nitrogens with zero attached hydrogens (tertiary/aromatic N) is 4. The summed E-state index contributed by atoms with van der Waals surface area (Å²) in [5.41, 5.74) is 11.3. The zero-order valence-electron chi connectivity index (χ0n) is 16.9. The number of benzene rings is 2. The number of piperidine rings is 1. The summed E-state index contributed by atoms with van der Waals surface area (Å²) in [4.78, 5) is 18.3. The van der Waals surface area contributed by atoms with Crippen molar-refractivity contribution in [3.05, 3.63) is 75.1 Å². The molecule has 0 amide bonds. The van der Waals surface area contributed by atoms with E-state index in [1.165, 1.54) is 5.56 Å². The number of fused-ring (bicyclic) bond motifs is 2. The summed E-state index contributed by atoms with van der Waals surface area (Å²) >= 11 is 6.07. The number of rotatable bonds is 6. The average molecular weight is 425 g/mol. The number of carbonyl (C=O) groups is 1. The molecule has 0 radical (unpaired) electrons. The first kappa shape index (κ1) is 20.7. The summed E-state index contributed by atoms with van der Waals surface area (Å²) in [7, 11) is 2.13. The minimum absolute atomic E-state index is 0.113. The third-order valence-corrected chi connectivity index (χ3v) is 6.82. The Balaban J connectivity index is 1.44.